The fourth-order valence-corrected chi connectivity index (χ4v) is 2.26. The van der Waals surface area contributed by atoms with Crippen LogP contribution in [0.3, 0.4) is 0 Å². The normalized spacial score (nSPS) is 11.0. The molecule has 3 aromatic rings. The summed E-state index contributed by atoms with van der Waals surface area (Å²) in [7, 11) is 0. The van der Waals surface area contributed by atoms with Crippen molar-refractivity contribution >= 4 is 40.4 Å². The number of amides is 2. The molecule has 0 bridgehead atoms. The van der Waals surface area contributed by atoms with E-state index < -0.39 is 6.03 Å². The number of fused-ring (bicyclic) bond motifs is 1. The molecule has 3 rings (SSSR count). The first-order chi connectivity index (χ1) is 10.7. The van der Waals surface area contributed by atoms with Crippen molar-refractivity contribution in [1.29, 1.82) is 0 Å². The Hall–Kier alpha value is -2.79. The zero-order valence-electron chi connectivity index (χ0n) is 11.5. The molecule has 0 aliphatic rings. The zero-order chi connectivity index (χ0) is 15.4. The van der Waals surface area contributed by atoms with Gasteiger partial charge in [0.25, 0.3) is 0 Å². The molecule has 0 atom stereocenters. The van der Waals surface area contributed by atoms with Crippen LogP contribution in [-0.2, 0) is 0 Å². The predicted molar refractivity (Wildman–Crippen MR) is 89.5 cm³/mol. The van der Waals surface area contributed by atoms with Gasteiger partial charge in [-0.2, -0.15) is 5.10 Å². The van der Waals surface area contributed by atoms with Gasteiger partial charge >= 0.3 is 6.03 Å². The minimum Gasteiger partial charge on any atom is -0.361 e. The van der Waals surface area contributed by atoms with Gasteiger partial charge in [0.1, 0.15) is 0 Å². The number of aromatic nitrogens is 1. The Bertz CT molecular complexity index is 841. The zero-order valence-corrected chi connectivity index (χ0v) is 12.3. The van der Waals surface area contributed by atoms with E-state index >= 15 is 0 Å². The molecule has 0 aliphatic carbocycles. The van der Waals surface area contributed by atoms with Gasteiger partial charge in [0.05, 0.1) is 16.9 Å². The molecule has 0 fully saturated rings. The van der Waals surface area contributed by atoms with E-state index in [0.29, 0.717) is 10.7 Å². The van der Waals surface area contributed by atoms with E-state index in [1.54, 1.807) is 30.5 Å². The third-order valence-electron chi connectivity index (χ3n) is 3.11. The first-order valence-electron chi connectivity index (χ1n) is 6.65. The molecule has 0 unspecified atom stereocenters. The molecule has 22 heavy (non-hydrogen) atoms. The van der Waals surface area contributed by atoms with Crippen LogP contribution in [0.5, 0.6) is 0 Å². The summed E-state index contributed by atoms with van der Waals surface area (Å²) >= 11 is 5.96. The number of nitrogens with zero attached hydrogens (tertiary/aromatic N) is 1. The minimum absolute atomic E-state index is 0.454. The van der Waals surface area contributed by atoms with Gasteiger partial charge in [-0.15, -0.1) is 0 Å². The molecule has 0 spiro atoms. The Kier molecular flexibility index (Phi) is 4.07. The van der Waals surface area contributed by atoms with Gasteiger partial charge in [0, 0.05) is 22.7 Å². The van der Waals surface area contributed by atoms with Crippen molar-refractivity contribution in [3.05, 3.63) is 65.3 Å². The number of hydrogen-bond acceptors (Lipinski definition) is 2. The smallest absolute Gasteiger partial charge is 0.339 e. The SMILES string of the molecule is O=C(N/N=C/c1c[nH]c2ccccc12)Nc1ccccc1Cl. The van der Waals surface area contributed by atoms with Gasteiger partial charge < -0.3 is 10.3 Å². The Morgan fingerprint density at radius 2 is 1.91 bits per heavy atom. The van der Waals surface area contributed by atoms with Crippen LogP contribution in [-0.4, -0.2) is 17.2 Å². The third kappa shape index (κ3) is 3.10. The number of hydrazone groups is 1. The summed E-state index contributed by atoms with van der Waals surface area (Å²) < 4.78 is 0. The predicted octanol–water partition coefficient (Wildman–Crippen LogP) is 3.98. The maximum Gasteiger partial charge on any atom is 0.339 e. The number of nitrogens with one attached hydrogen (secondary N) is 3. The molecule has 1 aromatic heterocycles. The number of halogens is 1. The van der Waals surface area contributed by atoms with Crippen LogP contribution in [0, 0.1) is 0 Å². The van der Waals surface area contributed by atoms with Gasteiger partial charge in [-0.25, -0.2) is 10.2 Å². The van der Waals surface area contributed by atoms with E-state index in [0.717, 1.165) is 16.5 Å². The standard InChI is InChI=1S/C16H13ClN4O/c17-13-6-2-4-8-15(13)20-16(22)21-19-10-11-9-18-14-7-3-1-5-12(11)14/h1-10,18H,(H2,20,21,22)/b19-10+. The number of para-hydroxylation sites is 2. The van der Waals surface area contributed by atoms with Crippen LogP contribution in [0.4, 0.5) is 10.5 Å². The molecule has 2 amide bonds. The molecule has 1 heterocycles. The number of urea groups is 1. The van der Waals surface area contributed by atoms with Crippen molar-refractivity contribution < 1.29 is 4.79 Å². The highest BCUT2D eigenvalue weighted by Gasteiger charge is 2.04. The Morgan fingerprint density at radius 1 is 1.14 bits per heavy atom. The average molecular weight is 313 g/mol. The van der Waals surface area contributed by atoms with E-state index in [2.05, 4.69) is 20.8 Å². The molecule has 0 aliphatic heterocycles. The first-order valence-corrected chi connectivity index (χ1v) is 7.02. The fourth-order valence-electron chi connectivity index (χ4n) is 2.07. The lowest BCUT2D eigenvalue weighted by molar-refractivity contribution is 0.252. The second-order valence-corrected chi connectivity index (χ2v) is 5.00. The Balaban J connectivity index is 1.65. The Labute approximate surface area is 132 Å². The molecular weight excluding hydrogens is 300 g/mol. The summed E-state index contributed by atoms with van der Waals surface area (Å²) in [5, 5.41) is 8.08. The molecule has 0 saturated carbocycles. The Morgan fingerprint density at radius 3 is 2.77 bits per heavy atom. The maximum atomic E-state index is 11.8. The van der Waals surface area contributed by atoms with Crippen LogP contribution in [0.2, 0.25) is 5.02 Å². The number of carbonyl (C=O) groups is 1. The summed E-state index contributed by atoms with van der Waals surface area (Å²) in [5.74, 6) is 0. The van der Waals surface area contributed by atoms with Crippen LogP contribution < -0.4 is 10.7 Å². The number of rotatable bonds is 3. The van der Waals surface area contributed by atoms with E-state index in [-0.39, 0.29) is 0 Å². The lowest BCUT2D eigenvalue weighted by Gasteiger charge is -2.05. The highest BCUT2D eigenvalue weighted by Crippen LogP contribution is 2.20. The van der Waals surface area contributed by atoms with Gasteiger partial charge in [-0.05, 0) is 18.2 Å². The highest BCUT2D eigenvalue weighted by molar-refractivity contribution is 6.33. The quantitative estimate of drug-likeness (QED) is 0.497. The molecule has 0 radical (unpaired) electrons. The molecule has 6 heteroatoms. The van der Waals surface area contributed by atoms with E-state index in [1.165, 1.54) is 0 Å². The van der Waals surface area contributed by atoms with Crippen molar-refractivity contribution in [2.75, 3.05) is 5.32 Å². The molecule has 110 valence electrons. The lowest BCUT2D eigenvalue weighted by atomic mass is 10.2. The molecular formula is C16H13ClN4O. The molecule has 5 nitrogen and oxygen atoms in total. The van der Waals surface area contributed by atoms with Crippen LogP contribution >= 0.6 is 11.6 Å². The van der Waals surface area contributed by atoms with Gasteiger partial charge in [-0.1, -0.05) is 41.9 Å². The van der Waals surface area contributed by atoms with Crippen LogP contribution in [0.25, 0.3) is 10.9 Å². The number of H-pyrrole nitrogens is 1. The van der Waals surface area contributed by atoms with Gasteiger partial charge in [0.2, 0.25) is 0 Å². The number of benzene rings is 2. The number of anilines is 1. The highest BCUT2D eigenvalue weighted by atomic mass is 35.5. The summed E-state index contributed by atoms with van der Waals surface area (Å²) in [4.78, 5) is 14.9. The maximum absolute atomic E-state index is 11.8. The largest absolute Gasteiger partial charge is 0.361 e. The van der Waals surface area contributed by atoms with Gasteiger partial charge in [0.15, 0.2) is 0 Å². The minimum atomic E-state index is -0.454. The van der Waals surface area contributed by atoms with Crippen molar-refractivity contribution in [3.63, 3.8) is 0 Å². The van der Waals surface area contributed by atoms with E-state index in [4.69, 9.17) is 11.6 Å². The third-order valence-corrected chi connectivity index (χ3v) is 3.44. The fraction of sp³-hybridized carbons (Fsp3) is 0. The van der Waals surface area contributed by atoms with Crippen molar-refractivity contribution in [2.24, 2.45) is 5.10 Å². The number of carbonyl (C=O) groups excluding carboxylic acids is 1. The second kappa shape index (κ2) is 6.32. The summed E-state index contributed by atoms with van der Waals surface area (Å²) in [6, 6.07) is 14.4. The van der Waals surface area contributed by atoms with E-state index in [9.17, 15) is 4.79 Å². The number of aromatic amines is 1. The van der Waals surface area contributed by atoms with Crippen LogP contribution in [0.15, 0.2) is 59.8 Å². The van der Waals surface area contributed by atoms with Crippen molar-refractivity contribution in [1.82, 2.24) is 10.4 Å². The van der Waals surface area contributed by atoms with E-state index in [1.807, 2.05) is 30.5 Å². The summed E-state index contributed by atoms with van der Waals surface area (Å²) in [6.45, 7) is 0. The second-order valence-electron chi connectivity index (χ2n) is 4.59. The lowest BCUT2D eigenvalue weighted by Crippen LogP contribution is -2.24. The summed E-state index contributed by atoms with van der Waals surface area (Å²) in [6.07, 6.45) is 3.42. The van der Waals surface area contributed by atoms with Crippen LogP contribution in [0.1, 0.15) is 5.56 Å². The van der Waals surface area contributed by atoms with Gasteiger partial charge in [-0.3, -0.25) is 0 Å². The summed E-state index contributed by atoms with van der Waals surface area (Å²) in [5.41, 5.74) is 4.85. The van der Waals surface area contributed by atoms with Crippen molar-refractivity contribution in [2.45, 2.75) is 0 Å². The average Bonchev–Trinajstić information content (AvgIpc) is 2.93. The molecule has 2 aromatic carbocycles. The first kappa shape index (κ1) is 14.2. The number of hydrogen-bond donors (Lipinski definition) is 3. The topological polar surface area (TPSA) is 69.3 Å². The molecule has 3 N–H and O–H groups in total. The van der Waals surface area contributed by atoms with Crippen molar-refractivity contribution in [3.8, 4) is 0 Å². The monoisotopic (exact) mass is 312 g/mol. The molecule has 0 saturated heterocycles.